The van der Waals surface area contributed by atoms with E-state index in [-0.39, 0.29) is 0 Å². The Morgan fingerprint density at radius 2 is 1.03 bits per heavy atom. The zero-order valence-corrected chi connectivity index (χ0v) is 34.1. The van der Waals surface area contributed by atoms with E-state index < -0.39 is 19.8 Å². The van der Waals surface area contributed by atoms with Crippen LogP contribution in [0.4, 0.5) is 0 Å². The Bertz CT molecular complexity index is 3510. The summed E-state index contributed by atoms with van der Waals surface area (Å²) in [4.78, 5) is 0. The van der Waals surface area contributed by atoms with Crippen LogP contribution in [0.25, 0.3) is 93.6 Å². The third-order valence-electron chi connectivity index (χ3n) is 11.7. The summed E-state index contributed by atoms with van der Waals surface area (Å²) in [6.07, 6.45) is 0. The average molecular weight is 870 g/mol. The smallest absolute Gasteiger partial charge is 0.0602 e. The van der Waals surface area contributed by atoms with Crippen LogP contribution >= 0.6 is 19.8 Å². The molecule has 9 aromatic carbocycles. The Balaban J connectivity index is 0.940. The van der Waals surface area contributed by atoms with Crippen molar-refractivity contribution < 1.29 is 8.83 Å². The van der Waals surface area contributed by atoms with Crippen LogP contribution in [0.2, 0.25) is 0 Å². The molecule has 0 amide bonds. The number of aromatic nitrogens is 1. The van der Waals surface area contributed by atoms with Crippen molar-refractivity contribution in [2.75, 3.05) is 0 Å². The van der Waals surface area contributed by atoms with E-state index in [1.165, 1.54) is 61.9 Å². The standard InChI is InChI=1S/C55H36INO2/c1-2-13-43(14-3-1)57-50-19-8-6-17-47(50)54-49-34-40(26-32-53(49)59-55(54)57)37-22-27-41(28-23-37)56(35-36-21-31-52-48(33-36)46-16-7-9-20-51(46)58-52)42-29-24-39(25-30-42)45-18-10-12-38-11-4-5-15-44(38)45/h1-34H,35H2. The first-order valence-electron chi connectivity index (χ1n) is 20.0. The van der Waals surface area contributed by atoms with Gasteiger partial charge in [-0.1, -0.05) is 18.2 Å². The van der Waals surface area contributed by atoms with Crippen molar-refractivity contribution >= 4 is 85.5 Å². The minimum absolute atomic E-state index is 0.877. The zero-order valence-electron chi connectivity index (χ0n) is 32.0. The SMILES string of the molecule is c1ccc(-n2c3ccccc3c3c4cc(-c5ccc(I(Cc6ccc7oc8ccccc8c7c6)c6ccc(-c7cccc8ccccc78)cc6)cc5)ccc4oc32)cc1. The second-order valence-electron chi connectivity index (χ2n) is 15.1. The molecule has 12 aromatic rings. The van der Waals surface area contributed by atoms with Crippen molar-refractivity contribution in [3.8, 4) is 27.9 Å². The zero-order chi connectivity index (χ0) is 38.9. The molecule has 59 heavy (non-hydrogen) atoms. The third-order valence-corrected chi connectivity index (χ3v) is 17.8. The molecule has 0 aliphatic carbocycles. The molecule has 0 aliphatic rings. The van der Waals surface area contributed by atoms with Gasteiger partial charge < -0.3 is 0 Å². The molecule has 0 N–H and O–H groups in total. The number of benzene rings is 9. The number of rotatable bonds is 7. The van der Waals surface area contributed by atoms with Gasteiger partial charge in [-0.2, -0.15) is 0 Å². The minimum Gasteiger partial charge on any atom is -0.0602 e. The fourth-order valence-corrected chi connectivity index (χ4v) is 14.3. The summed E-state index contributed by atoms with van der Waals surface area (Å²) in [7, 11) is 0. The number of nitrogens with zero attached hydrogens (tertiary/aromatic N) is 1. The van der Waals surface area contributed by atoms with Gasteiger partial charge in [-0.3, -0.25) is 0 Å². The van der Waals surface area contributed by atoms with Gasteiger partial charge in [0.15, 0.2) is 0 Å². The second-order valence-corrected chi connectivity index (χ2v) is 20.5. The molecule has 3 nitrogen and oxygen atoms in total. The topological polar surface area (TPSA) is 31.2 Å². The number of halogens is 1. The number of fused-ring (bicyclic) bond motifs is 9. The Morgan fingerprint density at radius 3 is 1.86 bits per heavy atom. The summed E-state index contributed by atoms with van der Waals surface area (Å²) >= 11 is -1.99. The maximum absolute atomic E-state index is 6.64. The molecule has 12 rings (SSSR count). The molecular formula is C55H36INO2. The summed E-state index contributed by atoms with van der Waals surface area (Å²) in [6.45, 7) is 0. The number of furan rings is 2. The predicted molar refractivity (Wildman–Crippen MR) is 254 cm³/mol. The molecule has 0 saturated heterocycles. The Kier molecular flexibility index (Phi) is 8.05. The molecule has 0 bridgehead atoms. The molecule has 4 heteroatoms. The fourth-order valence-electron chi connectivity index (χ4n) is 8.85. The maximum atomic E-state index is 6.64. The van der Waals surface area contributed by atoms with Crippen molar-refractivity contribution in [2.24, 2.45) is 0 Å². The van der Waals surface area contributed by atoms with Gasteiger partial charge in [-0.25, -0.2) is 0 Å². The number of hydrogen-bond acceptors (Lipinski definition) is 2. The van der Waals surface area contributed by atoms with Gasteiger partial charge in [-0.05, 0) is 0 Å². The minimum atomic E-state index is -1.99. The number of alkyl halides is 1. The van der Waals surface area contributed by atoms with Gasteiger partial charge >= 0.3 is 332 Å². The van der Waals surface area contributed by atoms with Gasteiger partial charge in [0.2, 0.25) is 0 Å². The molecule has 0 spiro atoms. The van der Waals surface area contributed by atoms with Crippen molar-refractivity contribution in [1.82, 2.24) is 4.57 Å². The van der Waals surface area contributed by atoms with E-state index in [1.54, 1.807) is 0 Å². The van der Waals surface area contributed by atoms with Crippen molar-refractivity contribution in [3.63, 3.8) is 0 Å². The van der Waals surface area contributed by atoms with E-state index in [9.17, 15) is 0 Å². The summed E-state index contributed by atoms with van der Waals surface area (Å²) in [5, 5.41) is 8.39. The van der Waals surface area contributed by atoms with Gasteiger partial charge in [-0.15, -0.1) is 0 Å². The van der Waals surface area contributed by atoms with E-state index >= 15 is 0 Å². The van der Waals surface area contributed by atoms with Crippen molar-refractivity contribution in [2.45, 2.75) is 4.43 Å². The van der Waals surface area contributed by atoms with Gasteiger partial charge in [0, 0.05) is 0 Å². The van der Waals surface area contributed by atoms with Gasteiger partial charge in [0.05, 0.1) is 0 Å². The van der Waals surface area contributed by atoms with Gasteiger partial charge in [0.1, 0.15) is 0 Å². The van der Waals surface area contributed by atoms with Crippen LogP contribution in [-0.4, -0.2) is 4.57 Å². The first kappa shape index (κ1) is 34.2. The number of para-hydroxylation sites is 3. The number of hydrogen-bond donors (Lipinski definition) is 0. The monoisotopic (exact) mass is 869 g/mol. The van der Waals surface area contributed by atoms with Crippen LogP contribution < -0.4 is 0 Å². The fraction of sp³-hybridized carbons (Fsp3) is 0.0182. The Morgan fingerprint density at radius 1 is 0.407 bits per heavy atom. The van der Waals surface area contributed by atoms with Crippen LogP contribution in [-0.2, 0) is 4.43 Å². The molecule has 0 saturated carbocycles. The van der Waals surface area contributed by atoms with Crippen LogP contribution in [0.5, 0.6) is 0 Å². The molecule has 0 unspecified atom stereocenters. The van der Waals surface area contributed by atoms with E-state index in [4.69, 9.17) is 8.83 Å². The van der Waals surface area contributed by atoms with E-state index in [0.29, 0.717) is 0 Å². The summed E-state index contributed by atoms with van der Waals surface area (Å²) in [5.74, 6) is 0. The van der Waals surface area contributed by atoms with Gasteiger partial charge in [0.25, 0.3) is 0 Å². The molecular weight excluding hydrogens is 834 g/mol. The van der Waals surface area contributed by atoms with Crippen LogP contribution in [0.15, 0.2) is 215 Å². The van der Waals surface area contributed by atoms with Crippen LogP contribution in [0.1, 0.15) is 5.56 Å². The molecule has 280 valence electrons. The predicted octanol–water partition coefficient (Wildman–Crippen LogP) is 15.7. The van der Waals surface area contributed by atoms with E-state index in [1.807, 2.05) is 6.07 Å². The third kappa shape index (κ3) is 5.77. The average Bonchev–Trinajstić information content (AvgIpc) is 3.97. The first-order valence-corrected chi connectivity index (χ1v) is 23.7. The molecule has 0 atom stereocenters. The molecule has 3 aromatic heterocycles. The van der Waals surface area contributed by atoms with E-state index in [2.05, 4.69) is 205 Å². The second kappa shape index (κ2) is 13.9. The Hall–Kier alpha value is -6.89. The van der Waals surface area contributed by atoms with Crippen LogP contribution in [0.3, 0.4) is 0 Å². The quantitative estimate of drug-likeness (QED) is 0.118. The molecule has 0 radical (unpaired) electrons. The summed E-state index contributed by atoms with van der Waals surface area (Å²) in [5.41, 5.74) is 12.1. The molecule has 0 aliphatic heterocycles. The van der Waals surface area contributed by atoms with Crippen molar-refractivity contribution in [1.29, 1.82) is 0 Å². The van der Waals surface area contributed by atoms with E-state index in [0.717, 1.165) is 48.9 Å². The normalized spacial score (nSPS) is 12.1. The molecule has 0 fully saturated rings. The first-order chi connectivity index (χ1) is 29.2. The summed E-state index contributed by atoms with van der Waals surface area (Å²) in [6, 6.07) is 75.0. The van der Waals surface area contributed by atoms with Crippen LogP contribution in [0, 0.1) is 7.14 Å². The molecule has 3 heterocycles. The Labute approximate surface area is 348 Å². The van der Waals surface area contributed by atoms with Crippen molar-refractivity contribution in [3.05, 3.63) is 219 Å². The summed E-state index contributed by atoms with van der Waals surface area (Å²) < 4.78 is 19.0.